The van der Waals surface area contributed by atoms with Crippen LogP contribution in [-0.4, -0.2) is 63.9 Å². The Hall–Kier alpha value is -3.47. The first-order valence-electron chi connectivity index (χ1n) is 11.6. The highest BCUT2D eigenvalue weighted by molar-refractivity contribution is 5.93. The Bertz CT molecular complexity index is 1320. The first-order chi connectivity index (χ1) is 16.7. The lowest BCUT2D eigenvalue weighted by atomic mass is 10.1. The fourth-order valence-corrected chi connectivity index (χ4v) is 4.28. The molecule has 0 radical (unpaired) electrons. The molecule has 11 heteroatoms. The Labute approximate surface area is 199 Å². The minimum Gasteiger partial charge on any atom is -0.368 e. The van der Waals surface area contributed by atoms with Crippen LogP contribution in [0.2, 0.25) is 0 Å². The first-order valence-corrected chi connectivity index (χ1v) is 11.6. The molecular formula is C24H25F3N6O2. The Morgan fingerprint density at radius 2 is 1.94 bits per heavy atom. The number of anilines is 1. The Morgan fingerprint density at radius 1 is 1.20 bits per heavy atom. The van der Waals surface area contributed by atoms with Crippen molar-refractivity contribution in [3.8, 4) is 0 Å². The monoisotopic (exact) mass is 486 g/mol. The van der Waals surface area contributed by atoms with E-state index in [4.69, 9.17) is 0 Å². The largest absolute Gasteiger partial charge is 0.368 e. The number of nitrogens with zero attached hydrogens (tertiary/aromatic N) is 4. The van der Waals surface area contributed by atoms with Crippen LogP contribution in [0.3, 0.4) is 0 Å². The number of carbonyl (C=O) groups is 1. The SMILES string of the molecule is CCc1nc2ccc(CN3CCN(c4ccc(C(=O)NC5CC5(F)F)nc4)CC3)c(F)c2[nH]c1=O. The minimum absolute atomic E-state index is 0.0976. The van der Waals surface area contributed by atoms with Gasteiger partial charge in [0.15, 0.2) is 5.82 Å². The molecule has 1 saturated heterocycles. The Kier molecular flexibility index (Phi) is 5.96. The zero-order valence-electron chi connectivity index (χ0n) is 19.2. The number of nitrogens with one attached hydrogen (secondary N) is 2. The number of carbonyl (C=O) groups excluding carboxylic acids is 1. The molecule has 1 unspecified atom stereocenters. The number of H-pyrrole nitrogens is 1. The van der Waals surface area contributed by atoms with Crippen LogP contribution < -0.4 is 15.8 Å². The summed E-state index contributed by atoms with van der Waals surface area (Å²) < 4.78 is 41.1. The zero-order valence-corrected chi connectivity index (χ0v) is 19.2. The number of halogens is 3. The number of pyridine rings is 1. The smallest absolute Gasteiger partial charge is 0.270 e. The lowest BCUT2D eigenvalue weighted by molar-refractivity contribution is 0.0845. The van der Waals surface area contributed by atoms with Crippen molar-refractivity contribution in [3.05, 3.63) is 63.6 Å². The maximum atomic E-state index is 15.1. The number of amides is 1. The third kappa shape index (κ3) is 4.72. The van der Waals surface area contributed by atoms with Gasteiger partial charge >= 0.3 is 0 Å². The van der Waals surface area contributed by atoms with Crippen molar-refractivity contribution in [1.29, 1.82) is 0 Å². The Balaban J connectivity index is 1.19. The molecule has 35 heavy (non-hydrogen) atoms. The van der Waals surface area contributed by atoms with Gasteiger partial charge in [-0.2, -0.15) is 0 Å². The van der Waals surface area contributed by atoms with E-state index in [-0.39, 0.29) is 23.2 Å². The summed E-state index contributed by atoms with van der Waals surface area (Å²) in [4.78, 5) is 39.4. The standard InChI is InChI=1S/C24H25F3N6O2/c1-2-16-22(34)31-21-17(29-16)5-3-14(20(21)25)13-32-7-9-33(10-8-32)15-4-6-18(28-12-15)23(35)30-19-11-24(19,26)27/h3-6,12,19H,2,7-11,13H2,1H3,(H,30,35)(H,31,34). The molecule has 2 aliphatic rings. The number of aromatic nitrogens is 3. The van der Waals surface area contributed by atoms with Gasteiger partial charge in [-0.15, -0.1) is 0 Å². The first kappa shape index (κ1) is 23.3. The highest BCUT2D eigenvalue weighted by atomic mass is 19.3. The van der Waals surface area contributed by atoms with Crippen molar-refractivity contribution in [2.24, 2.45) is 0 Å². The molecule has 0 bridgehead atoms. The number of piperazine rings is 1. The van der Waals surface area contributed by atoms with Crippen LogP contribution in [0.5, 0.6) is 0 Å². The normalized spacial score (nSPS) is 19.7. The molecule has 1 amide bonds. The number of aromatic amines is 1. The molecule has 5 rings (SSSR count). The average Bonchev–Trinajstić information content (AvgIpc) is 3.46. The van der Waals surface area contributed by atoms with Gasteiger partial charge in [0.2, 0.25) is 0 Å². The minimum atomic E-state index is -2.82. The lowest BCUT2D eigenvalue weighted by Crippen LogP contribution is -2.46. The molecule has 2 aromatic heterocycles. The molecule has 1 aliphatic heterocycles. The van der Waals surface area contributed by atoms with Gasteiger partial charge in [-0.3, -0.25) is 14.5 Å². The van der Waals surface area contributed by atoms with Crippen molar-refractivity contribution in [2.45, 2.75) is 38.3 Å². The predicted molar refractivity (Wildman–Crippen MR) is 124 cm³/mol. The van der Waals surface area contributed by atoms with Crippen LogP contribution in [0.1, 0.15) is 35.1 Å². The summed E-state index contributed by atoms with van der Waals surface area (Å²) in [6.07, 6.45) is 1.70. The van der Waals surface area contributed by atoms with Crippen LogP contribution in [-0.2, 0) is 13.0 Å². The van der Waals surface area contributed by atoms with Crippen molar-refractivity contribution in [3.63, 3.8) is 0 Å². The summed E-state index contributed by atoms with van der Waals surface area (Å²) >= 11 is 0. The van der Waals surface area contributed by atoms with E-state index < -0.39 is 23.7 Å². The lowest BCUT2D eigenvalue weighted by Gasteiger charge is -2.36. The quantitative estimate of drug-likeness (QED) is 0.556. The van der Waals surface area contributed by atoms with E-state index in [2.05, 4.69) is 30.1 Å². The van der Waals surface area contributed by atoms with Gasteiger partial charge < -0.3 is 15.2 Å². The van der Waals surface area contributed by atoms with Gasteiger partial charge in [0, 0.05) is 44.7 Å². The van der Waals surface area contributed by atoms with Crippen molar-refractivity contribution >= 4 is 22.6 Å². The summed E-state index contributed by atoms with van der Waals surface area (Å²) in [5.41, 5.74) is 1.99. The van der Waals surface area contributed by atoms with Gasteiger partial charge in [-0.05, 0) is 24.6 Å². The highest BCUT2D eigenvalue weighted by Crippen LogP contribution is 2.41. The van der Waals surface area contributed by atoms with Crippen LogP contribution in [0, 0.1) is 5.82 Å². The molecule has 3 aromatic rings. The number of alkyl halides is 2. The van der Waals surface area contributed by atoms with E-state index in [1.165, 1.54) is 6.07 Å². The van der Waals surface area contributed by atoms with Crippen molar-refractivity contribution in [1.82, 2.24) is 25.2 Å². The van der Waals surface area contributed by atoms with E-state index in [0.717, 1.165) is 5.69 Å². The van der Waals surface area contributed by atoms with E-state index >= 15 is 4.39 Å². The molecular weight excluding hydrogens is 461 g/mol. The second kappa shape index (κ2) is 8.95. The molecule has 8 nitrogen and oxygen atoms in total. The molecule has 1 atom stereocenters. The van der Waals surface area contributed by atoms with E-state index in [0.29, 0.717) is 55.9 Å². The highest BCUT2D eigenvalue weighted by Gasteiger charge is 2.58. The third-order valence-corrected chi connectivity index (χ3v) is 6.53. The molecule has 2 N–H and O–H groups in total. The maximum Gasteiger partial charge on any atom is 0.270 e. The van der Waals surface area contributed by atoms with Gasteiger partial charge in [0.05, 0.1) is 23.4 Å². The van der Waals surface area contributed by atoms with Gasteiger partial charge in [0.25, 0.3) is 17.4 Å². The van der Waals surface area contributed by atoms with E-state index in [1.54, 1.807) is 24.4 Å². The van der Waals surface area contributed by atoms with E-state index in [1.807, 2.05) is 6.92 Å². The van der Waals surface area contributed by atoms with Crippen molar-refractivity contribution < 1.29 is 18.0 Å². The maximum absolute atomic E-state index is 15.1. The van der Waals surface area contributed by atoms with Crippen LogP contribution in [0.4, 0.5) is 18.9 Å². The second-order valence-corrected chi connectivity index (χ2v) is 8.96. The fraction of sp³-hybridized carbons (Fsp3) is 0.417. The summed E-state index contributed by atoms with van der Waals surface area (Å²) in [5.74, 6) is -3.89. The second-order valence-electron chi connectivity index (χ2n) is 8.96. The van der Waals surface area contributed by atoms with E-state index in [9.17, 15) is 18.4 Å². The predicted octanol–water partition coefficient (Wildman–Crippen LogP) is 2.48. The number of aryl methyl sites for hydroxylation is 1. The summed E-state index contributed by atoms with van der Waals surface area (Å²) in [6, 6.07) is 5.61. The summed E-state index contributed by atoms with van der Waals surface area (Å²) in [5, 5.41) is 2.29. The number of rotatable bonds is 6. The number of hydrogen-bond donors (Lipinski definition) is 2. The van der Waals surface area contributed by atoms with Gasteiger partial charge in [-0.25, -0.2) is 23.1 Å². The number of hydrogen-bond acceptors (Lipinski definition) is 6. The molecule has 0 spiro atoms. The van der Waals surface area contributed by atoms with Crippen LogP contribution in [0.25, 0.3) is 11.0 Å². The molecule has 2 fully saturated rings. The van der Waals surface area contributed by atoms with Gasteiger partial charge in [-0.1, -0.05) is 13.0 Å². The average molecular weight is 486 g/mol. The molecule has 1 aliphatic carbocycles. The zero-order chi connectivity index (χ0) is 24.7. The Morgan fingerprint density at radius 3 is 2.57 bits per heavy atom. The molecule has 1 saturated carbocycles. The topological polar surface area (TPSA) is 94.2 Å². The fourth-order valence-electron chi connectivity index (χ4n) is 4.28. The van der Waals surface area contributed by atoms with Crippen molar-refractivity contribution in [2.75, 3.05) is 31.1 Å². The molecule has 1 aromatic carbocycles. The van der Waals surface area contributed by atoms with Gasteiger partial charge in [0.1, 0.15) is 16.9 Å². The summed E-state index contributed by atoms with van der Waals surface area (Å²) in [7, 11) is 0. The van der Waals surface area contributed by atoms with Crippen LogP contribution >= 0.6 is 0 Å². The van der Waals surface area contributed by atoms with Crippen LogP contribution in [0.15, 0.2) is 35.3 Å². The summed E-state index contributed by atoms with van der Waals surface area (Å²) in [6.45, 7) is 4.94. The molecule has 184 valence electrons. The molecule has 3 heterocycles. The number of benzene rings is 1. The number of fused-ring (bicyclic) bond motifs is 1. The third-order valence-electron chi connectivity index (χ3n) is 6.53.